The maximum atomic E-state index is 11.1. The minimum Gasteiger partial charge on any atom is -0.332 e. The lowest BCUT2D eigenvalue weighted by molar-refractivity contribution is 0.238. The van der Waals surface area contributed by atoms with Gasteiger partial charge in [0, 0.05) is 0 Å². The van der Waals surface area contributed by atoms with Crippen molar-refractivity contribution >= 4 is 6.03 Å². The van der Waals surface area contributed by atoms with Crippen molar-refractivity contribution in [1.82, 2.24) is 10.6 Å². The summed E-state index contributed by atoms with van der Waals surface area (Å²) in [5.41, 5.74) is 6.24. The number of rotatable bonds is 3. The number of nitrogens with two attached hydrogens (primary N) is 1. The molecule has 1 aromatic carbocycles. The maximum Gasteiger partial charge on any atom is 0.316 e. The normalized spacial score (nSPS) is 11.9. The number of nitrogens with one attached hydrogen (secondary N) is 2. The average Bonchev–Trinajstić information content (AvgIpc) is 2.19. The smallest absolute Gasteiger partial charge is 0.316 e. The molecule has 0 aromatic heterocycles. The second kappa shape index (κ2) is 5.24. The van der Waals surface area contributed by atoms with Crippen LogP contribution in [0.1, 0.15) is 18.5 Å². The van der Waals surface area contributed by atoms with Crippen LogP contribution in [0.15, 0.2) is 30.3 Å². The molecule has 0 aliphatic rings. The molecule has 0 saturated carbocycles. The highest BCUT2D eigenvalue weighted by molar-refractivity contribution is 5.74. The lowest BCUT2D eigenvalue weighted by Crippen LogP contribution is -2.39. The lowest BCUT2D eigenvalue weighted by Gasteiger charge is -2.14. The fraction of sp³-hybridized carbons (Fsp3) is 0.300. The van der Waals surface area contributed by atoms with Gasteiger partial charge in [-0.25, -0.2) is 4.79 Å². The first-order valence-corrected chi connectivity index (χ1v) is 4.53. The molecule has 1 rings (SSSR count). The Bertz CT molecular complexity index is 287. The molecule has 1 unspecified atom stereocenters. The van der Waals surface area contributed by atoms with Gasteiger partial charge in [0.25, 0.3) is 0 Å². The topological polar surface area (TPSA) is 67.2 Å². The zero-order valence-electron chi connectivity index (χ0n) is 8.16. The van der Waals surface area contributed by atoms with Gasteiger partial charge in [-0.2, -0.15) is 0 Å². The first-order valence-electron chi connectivity index (χ1n) is 4.53. The van der Waals surface area contributed by atoms with E-state index in [1.165, 1.54) is 0 Å². The van der Waals surface area contributed by atoms with Crippen LogP contribution in [0.4, 0.5) is 4.79 Å². The van der Waals surface area contributed by atoms with E-state index in [0.717, 1.165) is 5.56 Å². The Hall–Kier alpha value is -1.55. The highest BCUT2D eigenvalue weighted by atomic mass is 16.2. The van der Waals surface area contributed by atoms with Crippen LogP contribution in [0.5, 0.6) is 0 Å². The molecule has 4 heteroatoms. The number of hydrogen-bond donors (Lipinski definition) is 3. The number of benzene rings is 1. The summed E-state index contributed by atoms with van der Waals surface area (Å²) in [5, 5.41) is 5.24. The third-order valence-electron chi connectivity index (χ3n) is 1.91. The standard InChI is InChI=1S/C10H15N3O/c1-8(13-10(14)12-7-11)9-5-3-2-4-6-9/h2-6,8H,7,11H2,1H3,(H2,12,13,14). The predicted octanol–water partition coefficient (Wildman–Crippen LogP) is 0.963. The van der Waals surface area contributed by atoms with Crippen LogP contribution in [0.2, 0.25) is 0 Å². The van der Waals surface area contributed by atoms with E-state index in [9.17, 15) is 4.79 Å². The summed E-state index contributed by atoms with van der Waals surface area (Å²) in [5.74, 6) is 0. The Morgan fingerprint density at radius 2 is 2.07 bits per heavy atom. The molecule has 2 amide bonds. The summed E-state index contributed by atoms with van der Waals surface area (Å²) in [7, 11) is 0. The van der Waals surface area contributed by atoms with Crippen molar-refractivity contribution < 1.29 is 4.79 Å². The zero-order chi connectivity index (χ0) is 10.4. The minimum absolute atomic E-state index is 0.0113. The van der Waals surface area contributed by atoms with Crippen molar-refractivity contribution in [3.8, 4) is 0 Å². The predicted molar refractivity (Wildman–Crippen MR) is 55.6 cm³/mol. The molecular weight excluding hydrogens is 178 g/mol. The summed E-state index contributed by atoms with van der Waals surface area (Å²) < 4.78 is 0. The van der Waals surface area contributed by atoms with E-state index in [1.807, 2.05) is 37.3 Å². The fourth-order valence-electron chi connectivity index (χ4n) is 1.17. The van der Waals surface area contributed by atoms with Crippen LogP contribution in [0.25, 0.3) is 0 Å². The summed E-state index contributed by atoms with van der Waals surface area (Å²) >= 11 is 0. The highest BCUT2D eigenvalue weighted by Crippen LogP contribution is 2.10. The Balaban J connectivity index is 2.50. The second-order valence-corrected chi connectivity index (χ2v) is 2.99. The van der Waals surface area contributed by atoms with Gasteiger partial charge in [-0.05, 0) is 12.5 Å². The molecule has 0 heterocycles. The maximum absolute atomic E-state index is 11.1. The molecule has 76 valence electrons. The third-order valence-corrected chi connectivity index (χ3v) is 1.91. The molecule has 0 bridgehead atoms. The van der Waals surface area contributed by atoms with Gasteiger partial charge in [-0.1, -0.05) is 30.3 Å². The van der Waals surface area contributed by atoms with E-state index in [2.05, 4.69) is 10.6 Å². The van der Waals surface area contributed by atoms with E-state index in [4.69, 9.17) is 5.73 Å². The number of urea groups is 1. The van der Waals surface area contributed by atoms with Crippen molar-refractivity contribution in [1.29, 1.82) is 0 Å². The molecular formula is C10H15N3O. The van der Waals surface area contributed by atoms with Gasteiger partial charge in [-0.15, -0.1) is 0 Å². The molecule has 0 saturated heterocycles. The van der Waals surface area contributed by atoms with Crippen LogP contribution in [-0.4, -0.2) is 12.7 Å². The van der Waals surface area contributed by atoms with Crippen molar-refractivity contribution in [2.45, 2.75) is 13.0 Å². The molecule has 0 radical (unpaired) electrons. The van der Waals surface area contributed by atoms with Gasteiger partial charge < -0.3 is 16.4 Å². The molecule has 1 aromatic rings. The molecule has 1 atom stereocenters. The number of carbonyl (C=O) groups excluding carboxylic acids is 1. The van der Waals surface area contributed by atoms with Crippen LogP contribution >= 0.6 is 0 Å². The van der Waals surface area contributed by atoms with Crippen LogP contribution in [-0.2, 0) is 0 Å². The van der Waals surface area contributed by atoms with E-state index in [0.29, 0.717) is 0 Å². The van der Waals surface area contributed by atoms with E-state index in [1.54, 1.807) is 0 Å². The summed E-state index contributed by atoms with van der Waals surface area (Å²) in [6.45, 7) is 2.07. The van der Waals surface area contributed by atoms with Crippen LogP contribution in [0, 0.1) is 0 Å². The van der Waals surface area contributed by atoms with E-state index < -0.39 is 0 Å². The molecule has 4 N–H and O–H groups in total. The Morgan fingerprint density at radius 1 is 1.43 bits per heavy atom. The van der Waals surface area contributed by atoms with Gasteiger partial charge >= 0.3 is 6.03 Å². The van der Waals surface area contributed by atoms with Crippen molar-refractivity contribution in [2.24, 2.45) is 5.73 Å². The molecule has 0 aliphatic heterocycles. The third kappa shape index (κ3) is 3.06. The lowest BCUT2D eigenvalue weighted by atomic mass is 10.1. The SMILES string of the molecule is CC(NC(=O)NCN)c1ccccc1. The zero-order valence-corrected chi connectivity index (χ0v) is 8.16. The van der Waals surface area contributed by atoms with Gasteiger partial charge in [0.15, 0.2) is 0 Å². The quantitative estimate of drug-likeness (QED) is 0.626. The van der Waals surface area contributed by atoms with Gasteiger partial charge in [-0.3, -0.25) is 0 Å². The molecule has 4 nitrogen and oxygen atoms in total. The number of carbonyl (C=O) groups is 1. The number of hydrogen-bond acceptors (Lipinski definition) is 2. The first-order chi connectivity index (χ1) is 6.74. The summed E-state index contributed by atoms with van der Waals surface area (Å²) in [4.78, 5) is 11.1. The molecule has 0 fully saturated rings. The first kappa shape index (κ1) is 10.5. The van der Waals surface area contributed by atoms with Crippen molar-refractivity contribution in [3.63, 3.8) is 0 Å². The molecule has 0 spiro atoms. The Labute approximate surface area is 83.5 Å². The van der Waals surface area contributed by atoms with Crippen LogP contribution in [0.3, 0.4) is 0 Å². The average molecular weight is 193 g/mol. The summed E-state index contributed by atoms with van der Waals surface area (Å²) in [6, 6.07) is 9.49. The largest absolute Gasteiger partial charge is 0.332 e. The van der Waals surface area contributed by atoms with Crippen molar-refractivity contribution in [2.75, 3.05) is 6.67 Å². The van der Waals surface area contributed by atoms with Crippen molar-refractivity contribution in [3.05, 3.63) is 35.9 Å². The number of amides is 2. The van der Waals surface area contributed by atoms with Gasteiger partial charge in [0.2, 0.25) is 0 Å². The Kier molecular flexibility index (Phi) is 3.94. The van der Waals surface area contributed by atoms with Gasteiger partial charge in [0.05, 0.1) is 12.7 Å². The summed E-state index contributed by atoms with van der Waals surface area (Å²) in [6.07, 6.45) is 0. The van der Waals surface area contributed by atoms with Gasteiger partial charge in [0.1, 0.15) is 0 Å². The van der Waals surface area contributed by atoms with Crippen LogP contribution < -0.4 is 16.4 Å². The van der Waals surface area contributed by atoms with E-state index >= 15 is 0 Å². The fourth-order valence-corrected chi connectivity index (χ4v) is 1.17. The highest BCUT2D eigenvalue weighted by Gasteiger charge is 2.06. The molecule has 14 heavy (non-hydrogen) atoms. The minimum atomic E-state index is -0.246. The second-order valence-electron chi connectivity index (χ2n) is 2.99. The van der Waals surface area contributed by atoms with E-state index in [-0.39, 0.29) is 18.7 Å². The monoisotopic (exact) mass is 193 g/mol. The molecule has 0 aliphatic carbocycles. The Morgan fingerprint density at radius 3 is 2.64 bits per heavy atom.